The number of fused-ring (bicyclic) bond motifs is 2. The Bertz CT molecular complexity index is 713. The largest absolute Gasteiger partial charge is 0.290 e. The standard InChI is InChI=1S/C16H21N7O/c1-3-13-4-2-12(1)8-16(13)9-20-23(24-16)21-14-7-15(19-10-18-14)22-6-5-17-11-22/h5-7,10-13,20H,1-4,8-9H2,(H,18,19,21)/t12?,13?,16-/m0/s1. The van der Waals surface area contributed by atoms with E-state index < -0.39 is 0 Å². The minimum atomic E-state index is -0.0472. The molecule has 0 aromatic carbocycles. The second-order valence-corrected chi connectivity index (χ2v) is 7.05. The fourth-order valence-corrected chi connectivity index (χ4v) is 4.44. The molecule has 4 aliphatic rings. The summed E-state index contributed by atoms with van der Waals surface area (Å²) in [5.74, 6) is 2.92. The SMILES string of the molecule is c1cn(-c2cc(NN3NC[C@]4(CC5CCC4CC5)O3)ncn2)cn1. The monoisotopic (exact) mass is 327 g/mol. The van der Waals surface area contributed by atoms with Gasteiger partial charge in [0.15, 0.2) is 0 Å². The van der Waals surface area contributed by atoms with Crippen molar-refractivity contribution in [1.82, 2.24) is 30.2 Å². The first-order valence-electron chi connectivity index (χ1n) is 8.61. The van der Waals surface area contributed by atoms with E-state index in [1.54, 1.807) is 17.8 Å². The van der Waals surface area contributed by atoms with Crippen LogP contribution in [0, 0.1) is 11.8 Å². The number of imidazole rings is 1. The molecule has 2 bridgehead atoms. The minimum Gasteiger partial charge on any atom is -0.290 e. The smallest absolute Gasteiger partial charge is 0.148 e. The highest BCUT2D eigenvalue weighted by Crippen LogP contribution is 2.50. The second-order valence-electron chi connectivity index (χ2n) is 7.05. The predicted octanol–water partition coefficient (Wildman–Crippen LogP) is 1.69. The molecule has 2 aromatic heterocycles. The molecule has 6 rings (SSSR count). The lowest BCUT2D eigenvalue weighted by atomic mass is 9.62. The molecule has 126 valence electrons. The van der Waals surface area contributed by atoms with Crippen molar-refractivity contribution in [2.24, 2.45) is 11.8 Å². The third kappa shape index (κ3) is 2.38. The maximum Gasteiger partial charge on any atom is 0.148 e. The van der Waals surface area contributed by atoms with E-state index in [4.69, 9.17) is 4.84 Å². The van der Waals surface area contributed by atoms with Crippen molar-refractivity contribution < 1.29 is 4.84 Å². The maximum absolute atomic E-state index is 6.29. The number of anilines is 1. The van der Waals surface area contributed by atoms with Crippen LogP contribution in [0.4, 0.5) is 5.82 Å². The molecule has 3 heterocycles. The number of rotatable bonds is 3. The summed E-state index contributed by atoms with van der Waals surface area (Å²) in [6.07, 6.45) is 13.3. The summed E-state index contributed by atoms with van der Waals surface area (Å²) >= 11 is 0. The quantitative estimate of drug-likeness (QED) is 0.888. The number of hydrogen-bond donors (Lipinski definition) is 2. The van der Waals surface area contributed by atoms with E-state index in [2.05, 4.69) is 25.8 Å². The number of nitrogens with zero attached hydrogens (tertiary/aromatic N) is 5. The van der Waals surface area contributed by atoms with Gasteiger partial charge in [-0.15, -0.1) is 0 Å². The Kier molecular flexibility index (Phi) is 3.29. The molecule has 0 amide bonds. The highest BCUT2D eigenvalue weighted by Gasteiger charge is 2.52. The van der Waals surface area contributed by atoms with Gasteiger partial charge in [0.2, 0.25) is 0 Å². The summed E-state index contributed by atoms with van der Waals surface area (Å²) < 4.78 is 1.84. The zero-order valence-corrected chi connectivity index (χ0v) is 13.4. The molecule has 1 saturated heterocycles. The van der Waals surface area contributed by atoms with E-state index in [9.17, 15) is 0 Å². The molecule has 4 fully saturated rings. The highest BCUT2D eigenvalue weighted by atomic mass is 16.8. The highest BCUT2D eigenvalue weighted by molar-refractivity contribution is 5.39. The molecule has 1 atom stereocenters. The van der Waals surface area contributed by atoms with Crippen LogP contribution in [0.1, 0.15) is 32.1 Å². The van der Waals surface area contributed by atoms with Crippen molar-refractivity contribution in [3.8, 4) is 5.82 Å². The van der Waals surface area contributed by atoms with Gasteiger partial charge in [-0.05, 0) is 49.2 Å². The van der Waals surface area contributed by atoms with Gasteiger partial charge in [-0.2, -0.15) is 0 Å². The van der Waals surface area contributed by atoms with Crippen LogP contribution in [0.25, 0.3) is 5.82 Å². The van der Waals surface area contributed by atoms with Crippen molar-refractivity contribution in [1.29, 1.82) is 0 Å². The second kappa shape index (κ2) is 5.51. The lowest BCUT2D eigenvalue weighted by Crippen LogP contribution is -2.50. The summed E-state index contributed by atoms with van der Waals surface area (Å²) in [4.78, 5) is 18.9. The van der Waals surface area contributed by atoms with Crippen LogP contribution in [0.3, 0.4) is 0 Å². The van der Waals surface area contributed by atoms with Crippen molar-refractivity contribution in [3.63, 3.8) is 0 Å². The summed E-state index contributed by atoms with van der Waals surface area (Å²) in [6, 6.07) is 1.87. The van der Waals surface area contributed by atoms with E-state index in [1.165, 1.54) is 32.0 Å². The molecule has 24 heavy (non-hydrogen) atoms. The zero-order chi connectivity index (χ0) is 16.0. The van der Waals surface area contributed by atoms with Gasteiger partial charge in [0.1, 0.15) is 29.9 Å². The number of hydrazine groups is 2. The van der Waals surface area contributed by atoms with Crippen LogP contribution in [-0.2, 0) is 4.84 Å². The summed E-state index contributed by atoms with van der Waals surface area (Å²) in [7, 11) is 0. The lowest BCUT2D eigenvalue weighted by molar-refractivity contribution is -0.235. The number of hydrogen-bond acceptors (Lipinski definition) is 7. The Morgan fingerprint density at radius 3 is 2.92 bits per heavy atom. The van der Waals surface area contributed by atoms with Crippen LogP contribution in [-0.4, -0.2) is 36.9 Å². The van der Waals surface area contributed by atoms with E-state index in [-0.39, 0.29) is 5.60 Å². The molecular weight excluding hydrogens is 306 g/mol. The normalized spacial score (nSPS) is 32.5. The van der Waals surface area contributed by atoms with Gasteiger partial charge in [-0.1, -0.05) is 0 Å². The molecule has 2 N–H and O–H groups in total. The van der Waals surface area contributed by atoms with E-state index in [1.807, 2.05) is 16.8 Å². The number of aromatic nitrogens is 4. The third-order valence-corrected chi connectivity index (χ3v) is 5.66. The van der Waals surface area contributed by atoms with Gasteiger partial charge in [0.25, 0.3) is 0 Å². The van der Waals surface area contributed by atoms with Crippen LogP contribution in [0.15, 0.2) is 31.1 Å². The molecule has 3 aliphatic carbocycles. The molecule has 3 saturated carbocycles. The van der Waals surface area contributed by atoms with Gasteiger partial charge < -0.3 is 0 Å². The number of nitrogens with one attached hydrogen (secondary N) is 2. The molecule has 8 nitrogen and oxygen atoms in total. The minimum absolute atomic E-state index is 0.0472. The Morgan fingerprint density at radius 1 is 1.25 bits per heavy atom. The fraction of sp³-hybridized carbons (Fsp3) is 0.562. The van der Waals surface area contributed by atoms with Crippen molar-refractivity contribution in [2.45, 2.75) is 37.7 Å². The van der Waals surface area contributed by atoms with E-state index in [0.717, 1.165) is 24.7 Å². The molecular formula is C16H21N7O. The van der Waals surface area contributed by atoms with Gasteiger partial charge in [-0.3, -0.25) is 14.8 Å². The summed E-state index contributed by atoms with van der Waals surface area (Å²) in [5.41, 5.74) is 6.47. The van der Waals surface area contributed by atoms with Gasteiger partial charge >= 0.3 is 0 Å². The maximum atomic E-state index is 6.29. The Hall–Kier alpha value is -2.03. The van der Waals surface area contributed by atoms with E-state index >= 15 is 0 Å². The molecule has 8 heteroatoms. The van der Waals surface area contributed by atoms with Gasteiger partial charge in [0.05, 0.1) is 0 Å². The van der Waals surface area contributed by atoms with Gasteiger partial charge in [0, 0.05) is 25.0 Å². The average Bonchev–Trinajstić information content (AvgIpc) is 3.27. The summed E-state index contributed by atoms with van der Waals surface area (Å²) in [5, 5.41) is 1.63. The van der Waals surface area contributed by atoms with Crippen LogP contribution >= 0.6 is 0 Å². The Balaban J connectivity index is 1.30. The average molecular weight is 327 g/mol. The lowest BCUT2D eigenvalue weighted by Gasteiger charge is -2.47. The Labute approximate surface area is 140 Å². The first kappa shape index (κ1) is 14.3. The fourth-order valence-electron chi connectivity index (χ4n) is 4.44. The van der Waals surface area contributed by atoms with Crippen molar-refractivity contribution in [3.05, 3.63) is 31.1 Å². The Morgan fingerprint density at radius 2 is 2.17 bits per heavy atom. The predicted molar refractivity (Wildman–Crippen MR) is 86.5 cm³/mol. The van der Waals surface area contributed by atoms with E-state index in [0.29, 0.717) is 11.7 Å². The summed E-state index contributed by atoms with van der Waals surface area (Å²) in [6.45, 7) is 0.862. The third-order valence-electron chi connectivity index (χ3n) is 5.66. The molecule has 2 aromatic rings. The molecule has 1 aliphatic heterocycles. The first-order valence-corrected chi connectivity index (χ1v) is 8.61. The van der Waals surface area contributed by atoms with Crippen LogP contribution < -0.4 is 10.9 Å². The van der Waals surface area contributed by atoms with Crippen LogP contribution in [0.2, 0.25) is 0 Å². The topological polar surface area (TPSA) is 80.1 Å². The zero-order valence-electron chi connectivity index (χ0n) is 13.4. The molecule has 1 spiro atoms. The van der Waals surface area contributed by atoms with Crippen molar-refractivity contribution in [2.75, 3.05) is 12.0 Å². The molecule has 0 radical (unpaired) electrons. The van der Waals surface area contributed by atoms with Crippen molar-refractivity contribution >= 4 is 5.82 Å². The first-order chi connectivity index (χ1) is 11.8. The van der Waals surface area contributed by atoms with Crippen LogP contribution in [0.5, 0.6) is 0 Å². The van der Waals surface area contributed by atoms with Gasteiger partial charge in [-0.25, -0.2) is 20.4 Å². The molecule has 0 unspecified atom stereocenters.